The Balaban J connectivity index is 2.48. The molecule has 4 nitrogen and oxygen atoms in total. The molecule has 0 fully saturated rings. The predicted molar refractivity (Wildman–Crippen MR) is 85.6 cm³/mol. The van der Waals surface area contributed by atoms with Gasteiger partial charge in [0.15, 0.2) is 0 Å². The van der Waals surface area contributed by atoms with Crippen LogP contribution in [0.5, 0.6) is 5.75 Å². The van der Waals surface area contributed by atoms with Gasteiger partial charge in [-0.25, -0.2) is 0 Å². The summed E-state index contributed by atoms with van der Waals surface area (Å²) in [5.74, 6) is 0.832. The lowest BCUT2D eigenvalue weighted by Gasteiger charge is -2.15. The third-order valence-corrected chi connectivity index (χ3v) is 3.47. The molecule has 0 bridgehead atoms. The molecule has 2 rings (SSSR count). The number of pyridine rings is 1. The van der Waals surface area contributed by atoms with Crippen molar-refractivity contribution >= 4 is 0 Å². The molecule has 1 atom stereocenters. The smallest absolute Gasteiger partial charge is 0.255 e. The molecule has 0 saturated carbocycles. The monoisotopic (exact) mass is 286 g/mol. The summed E-state index contributed by atoms with van der Waals surface area (Å²) < 4.78 is 7.20. The molecule has 0 aliphatic rings. The SMILES string of the molecule is CCOc1ccc(-c2ccc(C(C)N)c(=O)n2CC)cc1. The van der Waals surface area contributed by atoms with Gasteiger partial charge < -0.3 is 15.0 Å². The van der Waals surface area contributed by atoms with Gasteiger partial charge in [-0.3, -0.25) is 4.79 Å². The van der Waals surface area contributed by atoms with Crippen LogP contribution in [0.1, 0.15) is 32.4 Å². The molecule has 2 N–H and O–H groups in total. The summed E-state index contributed by atoms with van der Waals surface area (Å²) in [6, 6.07) is 11.3. The van der Waals surface area contributed by atoms with Crippen LogP contribution in [-0.2, 0) is 6.54 Å². The standard InChI is InChI=1S/C17H22N2O2/c1-4-19-16(11-10-15(12(3)18)17(19)20)13-6-8-14(9-7-13)21-5-2/h6-12H,4-5,18H2,1-3H3. The fraction of sp³-hybridized carbons (Fsp3) is 0.353. The molecule has 1 unspecified atom stereocenters. The molecule has 0 spiro atoms. The van der Waals surface area contributed by atoms with E-state index in [4.69, 9.17) is 10.5 Å². The first-order valence-corrected chi connectivity index (χ1v) is 7.31. The summed E-state index contributed by atoms with van der Waals surface area (Å²) in [6.45, 7) is 7.00. The molecule has 1 aromatic heterocycles. The lowest BCUT2D eigenvalue weighted by molar-refractivity contribution is 0.340. The Morgan fingerprint density at radius 2 is 1.81 bits per heavy atom. The van der Waals surface area contributed by atoms with Gasteiger partial charge in [0.1, 0.15) is 5.75 Å². The van der Waals surface area contributed by atoms with Crippen LogP contribution < -0.4 is 16.0 Å². The molecule has 0 saturated heterocycles. The molecule has 2 aromatic rings. The summed E-state index contributed by atoms with van der Waals surface area (Å²) in [6.07, 6.45) is 0. The molecule has 1 heterocycles. The number of hydrogen-bond acceptors (Lipinski definition) is 3. The first-order chi connectivity index (χ1) is 10.1. The van der Waals surface area contributed by atoms with E-state index in [2.05, 4.69) is 0 Å². The van der Waals surface area contributed by atoms with Gasteiger partial charge in [-0.05, 0) is 62.7 Å². The summed E-state index contributed by atoms with van der Waals surface area (Å²) >= 11 is 0. The zero-order valence-corrected chi connectivity index (χ0v) is 12.8. The second-order valence-electron chi connectivity index (χ2n) is 4.97. The minimum Gasteiger partial charge on any atom is -0.494 e. The number of hydrogen-bond donors (Lipinski definition) is 1. The molecule has 4 heteroatoms. The first-order valence-electron chi connectivity index (χ1n) is 7.31. The Hall–Kier alpha value is -2.07. The van der Waals surface area contributed by atoms with Crippen molar-refractivity contribution in [3.63, 3.8) is 0 Å². The van der Waals surface area contributed by atoms with E-state index in [1.807, 2.05) is 57.2 Å². The van der Waals surface area contributed by atoms with Gasteiger partial charge in [0.2, 0.25) is 0 Å². The van der Waals surface area contributed by atoms with Crippen molar-refractivity contribution in [2.24, 2.45) is 5.73 Å². The number of nitrogens with zero attached hydrogens (tertiary/aromatic N) is 1. The third kappa shape index (κ3) is 3.16. The van der Waals surface area contributed by atoms with Crippen molar-refractivity contribution in [2.75, 3.05) is 6.61 Å². The zero-order valence-electron chi connectivity index (χ0n) is 12.8. The van der Waals surface area contributed by atoms with Crippen LogP contribution in [0.3, 0.4) is 0 Å². The Morgan fingerprint density at radius 3 is 2.33 bits per heavy atom. The quantitative estimate of drug-likeness (QED) is 0.919. The van der Waals surface area contributed by atoms with Crippen molar-refractivity contribution in [1.82, 2.24) is 4.57 Å². The van der Waals surface area contributed by atoms with E-state index in [9.17, 15) is 4.79 Å². The van der Waals surface area contributed by atoms with Gasteiger partial charge in [-0.1, -0.05) is 0 Å². The number of ether oxygens (including phenoxy) is 1. The molecular weight excluding hydrogens is 264 g/mol. The van der Waals surface area contributed by atoms with Crippen LogP contribution in [0.25, 0.3) is 11.3 Å². The minimum atomic E-state index is -0.260. The van der Waals surface area contributed by atoms with Gasteiger partial charge in [0.25, 0.3) is 5.56 Å². The highest BCUT2D eigenvalue weighted by Gasteiger charge is 2.11. The van der Waals surface area contributed by atoms with Crippen molar-refractivity contribution in [3.8, 4) is 17.0 Å². The Morgan fingerprint density at radius 1 is 1.14 bits per heavy atom. The lowest BCUT2D eigenvalue weighted by Crippen LogP contribution is -2.27. The lowest BCUT2D eigenvalue weighted by atomic mass is 10.1. The molecule has 0 radical (unpaired) electrons. The maximum absolute atomic E-state index is 12.5. The van der Waals surface area contributed by atoms with Crippen LogP contribution in [0.15, 0.2) is 41.2 Å². The second kappa shape index (κ2) is 6.59. The Labute approximate surface area is 125 Å². The second-order valence-corrected chi connectivity index (χ2v) is 4.97. The van der Waals surface area contributed by atoms with E-state index in [1.165, 1.54) is 0 Å². The minimum absolute atomic E-state index is 0.0149. The van der Waals surface area contributed by atoms with Crippen molar-refractivity contribution in [1.29, 1.82) is 0 Å². The summed E-state index contributed by atoms with van der Waals surface area (Å²) in [7, 11) is 0. The Bertz CT molecular complexity index is 657. The van der Waals surface area contributed by atoms with Crippen LogP contribution in [0.2, 0.25) is 0 Å². The highest BCUT2D eigenvalue weighted by atomic mass is 16.5. The van der Waals surface area contributed by atoms with Crippen LogP contribution in [0.4, 0.5) is 0 Å². The average Bonchev–Trinajstić information content (AvgIpc) is 2.47. The number of rotatable bonds is 5. The highest BCUT2D eigenvalue weighted by Crippen LogP contribution is 2.22. The predicted octanol–water partition coefficient (Wildman–Crippen LogP) is 2.95. The first kappa shape index (κ1) is 15.3. The maximum Gasteiger partial charge on any atom is 0.255 e. The number of benzene rings is 1. The van der Waals surface area contributed by atoms with E-state index < -0.39 is 0 Å². The molecule has 0 aliphatic heterocycles. The third-order valence-electron chi connectivity index (χ3n) is 3.47. The fourth-order valence-electron chi connectivity index (χ4n) is 2.40. The summed E-state index contributed by atoms with van der Waals surface area (Å²) in [5.41, 5.74) is 8.37. The van der Waals surface area contributed by atoms with Gasteiger partial charge in [0, 0.05) is 18.2 Å². The Kier molecular flexibility index (Phi) is 4.81. The molecule has 21 heavy (non-hydrogen) atoms. The van der Waals surface area contributed by atoms with Gasteiger partial charge in [0.05, 0.1) is 12.3 Å². The molecular formula is C17H22N2O2. The number of aromatic nitrogens is 1. The molecule has 0 aliphatic carbocycles. The highest BCUT2D eigenvalue weighted by molar-refractivity contribution is 5.61. The van der Waals surface area contributed by atoms with E-state index in [0.29, 0.717) is 18.7 Å². The van der Waals surface area contributed by atoms with E-state index in [1.54, 1.807) is 4.57 Å². The molecule has 112 valence electrons. The normalized spacial score (nSPS) is 12.2. The zero-order chi connectivity index (χ0) is 15.4. The van der Waals surface area contributed by atoms with Crippen LogP contribution >= 0.6 is 0 Å². The van der Waals surface area contributed by atoms with E-state index in [-0.39, 0.29) is 11.6 Å². The van der Waals surface area contributed by atoms with E-state index >= 15 is 0 Å². The van der Waals surface area contributed by atoms with Crippen molar-refractivity contribution in [3.05, 3.63) is 52.3 Å². The van der Waals surface area contributed by atoms with Crippen LogP contribution in [0, 0.1) is 0 Å². The number of nitrogens with two attached hydrogens (primary N) is 1. The maximum atomic E-state index is 12.5. The topological polar surface area (TPSA) is 57.2 Å². The van der Waals surface area contributed by atoms with Crippen molar-refractivity contribution in [2.45, 2.75) is 33.4 Å². The van der Waals surface area contributed by atoms with Crippen LogP contribution in [-0.4, -0.2) is 11.2 Å². The van der Waals surface area contributed by atoms with Gasteiger partial charge in [-0.15, -0.1) is 0 Å². The van der Waals surface area contributed by atoms with E-state index in [0.717, 1.165) is 17.0 Å². The van der Waals surface area contributed by atoms with Crippen molar-refractivity contribution < 1.29 is 4.74 Å². The largest absolute Gasteiger partial charge is 0.494 e. The van der Waals surface area contributed by atoms with Gasteiger partial charge >= 0.3 is 0 Å². The summed E-state index contributed by atoms with van der Waals surface area (Å²) in [4.78, 5) is 12.5. The summed E-state index contributed by atoms with van der Waals surface area (Å²) in [5, 5.41) is 0. The molecule has 1 aromatic carbocycles. The average molecular weight is 286 g/mol. The fourth-order valence-corrected chi connectivity index (χ4v) is 2.40. The van der Waals surface area contributed by atoms with Gasteiger partial charge in [-0.2, -0.15) is 0 Å². The molecule has 0 amide bonds.